The number of methoxy groups -OCH3 is 1. The third-order valence-electron chi connectivity index (χ3n) is 3.36. The number of aromatic nitrogens is 1. The molecule has 0 saturated carbocycles. The van der Waals surface area contributed by atoms with E-state index in [9.17, 15) is 4.79 Å². The van der Waals surface area contributed by atoms with Crippen molar-refractivity contribution in [1.29, 1.82) is 0 Å². The van der Waals surface area contributed by atoms with Crippen molar-refractivity contribution in [2.24, 2.45) is 0 Å². The van der Waals surface area contributed by atoms with Crippen LogP contribution >= 0.6 is 11.3 Å². The SMILES string of the molecule is COCCN(CC(=O)N(C)C)Cc1csc(-c2ccc(C)o2)n1. The summed E-state index contributed by atoms with van der Waals surface area (Å²) in [6, 6.07) is 3.85. The van der Waals surface area contributed by atoms with Crippen molar-refractivity contribution in [3.05, 3.63) is 29.0 Å². The molecule has 2 rings (SSSR count). The Morgan fingerprint density at radius 2 is 2.17 bits per heavy atom. The maximum atomic E-state index is 11.9. The van der Waals surface area contributed by atoms with E-state index in [4.69, 9.17) is 9.15 Å². The van der Waals surface area contributed by atoms with Crippen molar-refractivity contribution in [2.75, 3.05) is 40.9 Å². The van der Waals surface area contributed by atoms with Crippen molar-refractivity contribution < 1.29 is 13.9 Å². The summed E-state index contributed by atoms with van der Waals surface area (Å²) < 4.78 is 10.7. The molecule has 0 aromatic carbocycles. The molecule has 126 valence electrons. The smallest absolute Gasteiger partial charge is 0.236 e. The molecule has 0 radical (unpaired) electrons. The third kappa shape index (κ3) is 5.16. The van der Waals surface area contributed by atoms with Gasteiger partial charge < -0.3 is 14.1 Å². The van der Waals surface area contributed by atoms with Gasteiger partial charge in [-0.3, -0.25) is 9.69 Å². The summed E-state index contributed by atoms with van der Waals surface area (Å²) in [5.41, 5.74) is 0.932. The Morgan fingerprint density at radius 3 is 2.78 bits per heavy atom. The Morgan fingerprint density at radius 1 is 1.39 bits per heavy atom. The molecule has 7 heteroatoms. The van der Waals surface area contributed by atoms with Gasteiger partial charge in [0.05, 0.1) is 18.8 Å². The van der Waals surface area contributed by atoms with Crippen molar-refractivity contribution in [1.82, 2.24) is 14.8 Å². The van der Waals surface area contributed by atoms with Crippen LogP contribution < -0.4 is 0 Å². The Balaban J connectivity index is 2.03. The Bertz CT molecular complexity index is 636. The molecule has 0 N–H and O–H groups in total. The Kier molecular flexibility index (Phi) is 6.32. The lowest BCUT2D eigenvalue weighted by Crippen LogP contribution is -2.38. The summed E-state index contributed by atoms with van der Waals surface area (Å²) in [5, 5.41) is 2.87. The number of carbonyl (C=O) groups excluding carboxylic acids is 1. The topological polar surface area (TPSA) is 58.8 Å². The van der Waals surface area contributed by atoms with Gasteiger partial charge in [-0.15, -0.1) is 11.3 Å². The molecular formula is C16H23N3O3S. The summed E-state index contributed by atoms with van der Waals surface area (Å²) in [7, 11) is 5.18. The molecule has 0 bridgehead atoms. The van der Waals surface area contributed by atoms with Crippen LogP contribution in [0, 0.1) is 6.92 Å². The first kappa shape index (κ1) is 17.7. The molecule has 2 aromatic heterocycles. The summed E-state index contributed by atoms with van der Waals surface area (Å²) in [4.78, 5) is 20.2. The van der Waals surface area contributed by atoms with Crippen molar-refractivity contribution in [3.8, 4) is 10.8 Å². The van der Waals surface area contributed by atoms with Crippen LogP contribution in [-0.2, 0) is 16.1 Å². The van der Waals surface area contributed by atoms with E-state index in [0.717, 1.165) is 22.2 Å². The van der Waals surface area contributed by atoms with E-state index >= 15 is 0 Å². The first-order chi connectivity index (χ1) is 11.0. The molecule has 0 spiro atoms. The van der Waals surface area contributed by atoms with Crippen LogP contribution in [0.15, 0.2) is 21.9 Å². The average molecular weight is 337 g/mol. The maximum absolute atomic E-state index is 11.9. The molecule has 6 nitrogen and oxygen atoms in total. The second kappa shape index (κ2) is 8.24. The zero-order valence-electron chi connectivity index (χ0n) is 14.0. The van der Waals surface area contributed by atoms with E-state index in [-0.39, 0.29) is 5.91 Å². The van der Waals surface area contributed by atoms with Crippen LogP contribution in [0.5, 0.6) is 0 Å². The molecule has 0 aliphatic heterocycles. The van der Waals surface area contributed by atoms with E-state index in [1.165, 1.54) is 0 Å². The van der Waals surface area contributed by atoms with Gasteiger partial charge in [0, 0.05) is 39.7 Å². The van der Waals surface area contributed by atoms with Crippen molar-refractivity contribution >= 4 is 17.2 Å². The molecule has 2 aromatic rings. The summed E-state index contributed by atoms with van der Waals surface area (Å²) in [6.07, 6.45) is 0. The summed E-state index contributed by atoms with van der Waals surface area (Å²) in [6.45, 7) is 4.14. The van der Waals surface area contributed by atoms with Crippen LogP contribution in [0.3, 0.4) is 0 Å². The quantitative estimate of drug-likeness (QED) is 0.739. The fourth-order valence-corrected chi connectivity index (χ4v) is 2.81. The highest BCUT2D eigenvalue weighted by molar-refractivity contribution is 7.13. The minimum absolute atomic E-state index is 0.0678. The van der Waals surface area contributed by atoms with Crippen LogP contribution in [0.1, 0.15) is 11.5 Å². The van der Waals surface area contributed by atoms with Gasteiger partial charge in [-0.25, -0.2) is 4.98 Å². The molecule has 0 atom stereocenters. The standard InChI is InChI=1S/C16H23N3O3S/c1-12-5-6-14(22-12)16-17-13(11-23-16)9-19(7-8-21-4)10-15(20)18(2)3/h5-6,11H,7-10H2,1-4H3. The molecule has 0 aliphatic carbocycles. The first-order valence-electron chi connectivity index (χ1n) is 7.42. The van der Waals surface area contributed by atoms with Gasteiger partial charge in [0.2, 0.25) is 5.91 Å². The van der Waals surface area contributed by atoms with Gasteiger partial charge in [0.1, 0.15) is 5.76 Å². The van der Waals surface area contributed by atoms with Crippen LogP contribution in [0.2, 0.25) is 0 Å². The number of nitrogens with zero attached hydrogens (tertiary/aromatic N) is 3. The van der Waals surface area contributed by atoms with E-state index in [2.05, 4.69) is 4.98 Å². The van der Waals surface area contributed by atoms with Gasteiger partial charge in [0.25, 0.3) is 0 Å². The van der Waals surface area contributed by atoms with E-state index in [1.54, 1.807) is 37.4 Å². The number of carbonyl (C=O) groups is 1. The number of hydrogen-bond donors (Lipinski definition) is 0. The molecule has 1 amide bonds. The number of rotatable bonds is 8. The lowest BCUT2D eigenvalue weighted by Gasteiger charge is -2.22. The lowest BCUT2D eigenvalue weighted by molar-refractivity contribution is -0.130. The first-order valence-corrected chi connectivity index (χ1v) is 8.30. The van der Waals surface area contributed by atoms with Gasteiger partial charge in [-0.05, 0) is 19.1 Å². The minimum Gasteiger partial charge on any atom is -0.459 e. The number of likely N-dealkylation sites (N-methyl/N-ethyl adjacent to an activating group) is 1. The maximum Gasteiger partial charge on any atom is 0.236 e. The fourth-order valence-electron chi connectivity index (χ4n) is 2.04. The third-order valence-corrected chi connectivity index (χ3v) is 4.26. The van der Waals surface area contributed by atoms with E-state index in [1.807, 2.05) is 29.3 Å². The highest BCUT2D eigenvalue weighted by atomic mass is 32.1. The van der Waals surface area contributed by atoms with Gasteiger partial charge >= 0.3 is 0 Å². The van der Waals surface area contributed by atoms with Crippen LogP contribution in [0.25, 0.3) is 10.8 Å². The van der Waals surface area contributed by atoms with Gasteiger partial charge in [-0.2, -0.15) is 0 Å². The average Bonchev–Trinajstić information content (AvgIpc) is 3.13. The van der Waals surface area contributed by atoms with Gasteiger partial charge in [0.15, 0.2) is 10.8 Å². The second-order valence-electron chi connectivity index (χ2n) is 5.55. The summed E-state index contributed by atoms with van der Waals surface area (Å²) in [5.74, 6) is 1.72. The number of amides is 1. The van der Waals surface area contributed by atoms with Crippen molar-refractivity contribution in [2.45, 2.75) is 13.5 Å². The predicted molar refractivity (Wildman–Crippen MR) is 90.4 cm³/mol. The molecule has 23 heavy (non-hydrogen) atoms. The largest absolute Gasteiger partial charge is 0.459 e. The van der Waals surface area contributed by atoms with Crippen LogP contribution in [0.4, 0.5) is 0 Å². The second-order valence-corrected chi connectivity index (χ2v) is 6.40. The number of hydrogen-bond acceptors (Lipinski definition) is 6. The molecular weight excluding hydrogens is 314 g/mol. The zero-order valence-corrected chi connectivity index (χ0v) is 14.9. The predicted octanol–water partition coefficient (Wildman–Crippen LogP) is 2.25. The molecule has 0 unspecified atom stereocenters. The normalized spacial score (nSPS) is 11.2. The number of furan rings is 1. The number of ether oxygens (including phenoxy) is 1. The highest BCUT2D eigenvalue weighted by Crippen LogP contribution is 2.26. The zero-order chi connectivity index (χ0) is 16.8. The summed E-state index contributed by atoms with van der Waals surface area (Å²) >= 11 is 1.55. The van der Waals surface area contributed by atoms with Gasteiger partial charge in [-0.1, -0.05) is 0 Å². The minimum atomic E-state index is 0.0678. The molecule has 0 fully saturated rings. The number of thiazole rings is 1. The van der Waals surface area contributed by atoms with E-state index < -0.39 is 0 Å². The Hall–Kier alpha value is -1.70. The Labute approximate surface area is 140 Å². The highest BCUT2D eigenvalue weighted by Gasteiger charge is 2.15. The lowest BCUT2D eigenvalue weighted by atomic mass is 10.3. The molecule has 0 saturated heterocycles. The number of aryl methyl sites for hydroxylation is 1. The molecule has 2 heterocycles. The van der Waals surface area contributed by atoms with Crippen LogP contribution in [-0.4, -0.2) is 61.6 Å². The molecule has 0 aliphatic rings. The van der Waals surface area contributed by atoms with E-state index in [0.29, 0.717) is 26.2 Å². The van der Waals surface area contributed by atoms with Crippen molar-refractivity contribution in [3.63, 3.8) is 0 Å². The monoisotopic (exact) mass is 337 g/mol. The fraction of sp³-hybridized carbons (Fsp3) is 0.500.